The maximum absolute atomic E-state index is 13.6. The van der Waals surface area contributed by atoms with Crippen molar-refractivity contribution in [1.29, 1.82) is 0 Å². The first-order valence-electron chi connectivity index (χ1n) is 13.6. The van der Waals surface area contributed by atoms with Crippen molar-refractivity contribution in [3.05, 3.63) is 101 Å². The molecule has 222 valence electrons. The molecule has 0 bridgehead atoms. The predicted octanol–water partition coefficient (Wildman–Crippen LogP) is 7.03. The standard InChI is InChI=1S/C32H30FN3O5S2/c1-19(2)15-16-41-25-6-4-5-22(17-25)27-26(28(37)21-9-13-24(40-3)14-10-21)29(38)30(39)36(27)31-34-35-32(43-31)42-18-20-7-11-23(33)12-8-20/h4-14,17,19,27,37H,15-16,18H2,1-3H3/b28-26+. The SMILES string of the molecule is COc1ccc(/C(O)=C2\C(=O)C(=O)N(c3nnc(SCc4ccc(F)cc4)s3)C2c2cccc(OCCC(C)C)c2)cc1. The molecule has 4 aromatic rings. The highest BCUT2D eigenvalue weighted by molar-refractivity contribution is 8.00. The van der Waals surface area contributed by atoms with Gasteiger partial charge in [-0.2, -0.15) is 0 Å². The number of aliphatic hydroxyl groups is 1. The Bertz CT molecular complexity index is 1640. The molecule has 1 aliphatic rings. The van der Waals surface area contributed by atoms with Gasteiger partial charge in [0.1, 0.15) is 23.1 Å². The lowest BCUT2D eigenvalue weighted by molar-refractivity contribution is -0.132. The van der Waals surface area contributed by atoms with E-state index in [0.29, 0.717) is 45.2 Å². The van der Waals surface area contributed by atoms with Crippen LogP contribution in [0.3, 0.4) is 0 Å². The number of nitrogens with zero attached hydrogens (tertiary/aromatic N) is 3. The van der Waals surface area contributed by atoms with Crippen LogP contribution in [-0.4, -0.2) is 40.7 Å². The summed E-state index contributed by atoms with van der Waals surface area (Å²) in [6.07, 6.45) is 0.864. The third-order valence-electron chi connectivity index (χ3n) is 6.82. The lowest BCUT2D eigenvalue weighted by Crippen LogP contribution is -2.29. The van der Waals surface area contributed by atoms with Crippen molar-refractivity contribution >= 4 is 45.7 Å². The number of halogens is 1. The summed E-state index contributed by atoms with van der Waals surface area (Å²) in [5.41, 5.74) is 1.77. The molecule has 1 aromatic heterocycles. The van der Waals surface area contributed by atoms with Crippen LogP contribution in [0.15, 0.2) is 82.7 Å². The van der Waals surface area contributed by atoms with Crippen molar-refractivity contribution in [2.45, 2.75) is 36.4 Å². The van der Waals surface area contributed by atoms with E-state index in [1.54, 1.807) is 54.6 Å². The highest BCUT2D eigenvalue weighted by atomic mass is 32.2. The molecule has 5 rings (SSSR count). The van der Waals surface area contributed by atoms with Crippen LogP contribution in [-0.2, 0) is 15.3 Å². The first-order chi connectivity index (χ1) is 20.7. The molecule has 8 nitrogen and oxygen atoms in total. The second-order valence-corrected chi connectivity index (χ2v) is 12.4. The second kappa shape index (κ2) is 13.4. The lowest BCUT2D eigenvalue weighted by atomic mass is 9.95. The van der Waals surface area contributed by atoms with Crippen LogP contribution in [0.4, 0.5) is 9.52 Å². The van der Waals surface area contributed by atoms with Gasteiger partial charge in [-0.05, 0) is 72.0 Å². The molecule has 0 aliphatic carbocycles. The van der Waals surface area contributed by atoms with E-state index in [2.05, 4.69) is 24.0 Å². The van der Waals surface area contributed by atoms with Crippen molar-refractivity contribution in [3.8, 4) is 11.5 Å². The van der Waals surface area contributed by atoms with Crippen molar-refractivity contribution < 1.29 is 28.6 Å². The molecule has 43 heavy (non-hydrogen) atoms. The second-order valence-electron chi connectivity index (χ2n) is 10.3. The number of ether oxygens (including phenoxy) is 2. The third kappa shape index (κ3) is 6.89. The van der Waals surface area contributed by atoms with Crippen LogP contribution < -0.4 is 14.4 Å². The third-order valence-corrected chi connectivity index (χ3v) is 8.95. The van der Waals surface area contributed by atoms with Crippen LogP contribution in [0, 0.1) is 11.7 Å². The van der Waals surface area contributed by atoms with E-state index < -0.39 is 17.7 Å². The summed E-state index contributed by atoms with van der Waals surface area (Å²) in [4.78, 5) is 28.4. The number of carbonyl (C=O) groups excluding carboxylic acids is 2. The molecule has 3 aromatic carbocycles. The fourth-order valence-corrected chi connectivity index (χ4v) is 6.34. The number of benzene rings is 3. The molecule has 1 atom stereocenters. The smallest absolute Gasteiger partial charge is 0.301 e. The van der Waals surface area contributed by atoms with Gasteiger partial charge in [0.15, 0.2) is 4.34 Å². The minimum atomic E-state index is -0.973. The van der Waals surface area contributed by atoms with Gasteiger partial charge in [-0.15, -0.1) is 10.2 Å². The number of amides is 1. The Morgan fingerprint density at radius 2 is 1.79 bits per heavy atom. The van der Waals surface area contributed by atoms with Crippen molar-refractivity contribution in [2.24, 2.45) is 5.92 Å². The zero-order valence-electron chi connectivity index (χ0n) is 23.8. The number of aromatic nitrogens is 2. The van der Waals surface area contributed by atoms with Gasteiger partial charge in [0, 0.05) is 11.3 Å². The van der Waals surface area contributed by atoms with E-state index in [1.165, 1.54) is 35.9 Å². The first-order valence-corrected chi connectivity index (χ1v) is 15.4. The fourth-order valence-electron chi connectivity index (χ4n) is 4.52. The lowest BCUT2D eigenvalue weighted by Gasteiger charge is -2.23. The minimum absolute atomic E-state index is 0.0646. The molecule has 0 spiro atoms. The Kier molecular flexibility index (Phi) is 9.42. The molecule has 1 fully saturated rings. The quantitative estimate of drug-likeness (QED) is 0.0628. The molecule has 1 aliphatic heterocycles. The number of anilines is 1. The number of carbonyl (C=O) groups is 2. The first kappa shape index (κ1) is 30.2. The summed E-state index contributed by atoms with van der Waals surface area (Å²) in [5.74, 6) is -0.128. The summed E-state index contributed by atoms with van der Waals surface area (Å²) in [6, 6.07) is 18.9. The van der Waals surface area contributed by atoms with Gasteiger partial charge in [0.05, 0.1) is 25.3 Å². The Morgan fingerprint density at radius 1 is 1.05 bits per heavy atom. The molecule has 2 heterocycles. The Hall–Kier alpha value is -4.22. The number of ketones is 1. The highest BCUT2D eigenvalue weighted by Gasteiger charge is 2.48. The molecule has 1 amide bonds. The van der Waals surface area contributed by atoms with Crippen LogP contribution in [0.25, 0.3) is 5.76 Å². The number of methoxy groups -OCH3 is 1. The van der Waals surface area contributed by atoms with Crippen molar-refractivity contribution in [2.75, 3.05) is 18.6 Å². The van der Waals surface area contributed by atoms with Crippen LogP contribution in [0.5, 0.6) is 11.5 Å². The van der Waals surface area contributed by atoms with E-state index in [-0.39, 0.29) is 22.3 Å². The summed E-state index contributed by atoms with van der Waals surface area (Å²) in [6.45, 7) is 4.74. The minimum Gasteiger partial charge on any atom is -0.507 e. The number of Topliss-reactive ketones (excluding diaryl/α,β-unsaturated/α-hetero) is 1. The average molecular weight is 620 g/mol. The summed E-state index contributed by atoms with van der Waals surface area (Å²) in [5, 5.41) is 20.1. The zero-order valence-corrected chi connectivity index (χ0v) is 25.5. The Labute approximate surface area is 257 Å². The molecular weight excluding hydrogens is 590 g/mol. The monoisotopic (exact) mass is 619 g/mol. The topological polar surface area (TPSA) is 102 Å². The summed E-state index contributed by atoms with van der Waals surface area (Å²) < 4.78 is 25.1. The number of rotatable bonds is 11. The summed E-state index contributed by atoms with van der Waals surface area (Å²) >= 11 is 2.55. The van der Waals surface area contributed by atoms with Crippen LogP contribution >= 0.6 is 23.1 Å². The van der Waals surface area contributed by atoms with E-state index in [4.69, 9.17) is 9.47 Å². The van der Waals surface area contributed by atoms with Crippen molar-refractivity contribution in [3.63, 3.8) is 0 Å². The van der Waals surface area contributed by atoms with Gasteiger partial charge in [-0.3, -0.25) is 14.5 Å². The van der Waals surface area contributed by atoms with E-state index in [1.807, 2.05) is 6.07 Å². The van der Waals surface area contributed by atoms with Crippen LogP contribution in [0.2, 0.25) is 0 Å². The number of hydrogen-bond acceptors (Lipinski definition) is 9. The average Bonchev–Trinajstić information content (AvgIpc) is 3.58. The van der Waals surface area contributed by atoms with Gasteiger partial charge < -0.3 is 14.6 Å². The highest BCUT2D eigenvalue weighted by Crippen LogP contribution is 2.44. The molecule has 11 heteroatoms. The molecule has 1 unspecified atom stereocenters. The van der Waals surface area contributed by atoms with E-state index in [0.717, 1.165) is 23.3 Å². The van der Waals surface area contributed by atoms with Gasteiger partial charge in [-0.1, -0.05) is 61.2 Å². The molecule has 1 saturated heterocycles. The summed E-state index contributed by atoms with van der Waals surface area (Å²) in [7, 11) is 1.53. The fraction of sp³-hybridized carbons (Fsp3) is 0.250. The largest absolute Gasteiger partial charge is 0.507 e. The Morgan fingerprint density at radius 3 is 2.49 bits per heavy atom. The number of aliphatic hydroxyl groups excluding tert-OH is 1. The van der Waals surface area contributed by atoms with Gasteiger partial charge >= 0.3 is 5.91 Å². The maximum Gasteiger partial charge on any atom is 0.301 e. The number of hydrogen-bond donors (Lipinski definition) is 1. The van der Waals surface area contributed by atoms with E-state index >= 15 is 0 Å². The molecule has 0 radical (unpaired) electrons. The van der Waals surface area contributed by atoms with Crippen molar-refractivity contribution in [1.82, 2.24) is 10.2 Å². The molecule has 1 N–H and O–H groups in total. The van der Waals surface area contributed by atoms with Gasteiger partial charge in [-0.25, -0.2) is 4.39 Å². The Balaban J connectivity index is 1.52. The van der Waals surface area contributed by atoms with Gasteiger partial charge in [0.25, 0.3) is 5.78 Å². The van der Waals surface area contributed by atoms with Crippen LogP contribution in [0.1, 0.15) is 43.0 Å². The zero-order chi connectivity index (χ0) is 30.5. The predicted molar refractivity (Wildman–Crippen MR) is 165 cm³/mol. The molecule has 0 saturated carbocycles. The number of thioether (sulfide) groups is 1. The van der Waals surface area contributed by atoms with E-state index in [9.17, 15) is 19.1 Å². The van der Waals surface area contributed by atoms with Gasteiger partial charge in [0.2, 0.25) is 5.13 Å². The normalized spacial score (nSPS) is 16.2. The molecular formula is C32H30FN3O5S2. The maximum atomic E-state index is 13.6.